The van der Waals surface area contributed by atoms with Crippen LogP contribution in [-0.2, 0) is 11.2 Å². The van der Waals surface area contributed by atoms with E-state index < -0.39 is 0 Å². The maximum atomic E-state index is 12.0. The number of nitrogens with one attached hydrogen (secondary N) is 1. The number of aryl methyl sites for hydroxylation is 2. The number of ether oxygens (including phenoxy) is 1. The van der Waals surface area contributed by atoms with Crippen molar-refractivity contribution >= 4 is 28.1 Å². The van der Waals surface area contributed by atoms with Crippen LogP contribution >= 0.6 is 15.9 Å². The molecule has 0 aliphatic rings. The molecule has 0 fully saturated rings. The maximum Gasteiger partial charge on any atom is 0.240 e. The highest BCUT2D eigenvalue weighted by molar-refractivity contribution is 9.10. The van der Waals surface area contributed by atoms with Gasteiger partial charge in [-0.3, -0.25) is 4.79 Å². The number of halogens is 1. The average Bonchev–Trinajstić information content (AvgIpc) is 3.18. The van der Waals surface area contributed by atoms with Gasteiger partial charge in [0.2, 0.25) is 5.91 Å². The van der Waals surface area contributed by atoms with Gasteiger partial charge in [-0.15, -0.1) is 0 Å². The zero-order valence-corrected chi connectivity index (χ0v) is 18.0. The van der Waals surface area contributed by atoms with Crippen LogP contribution in [0.3, 0.4) is 0 Å². The number of rotatable bonds is 8. The molecule has 3 aromatic rings. The quantitative estimate of drug-likeness (QED) is 0.361. The van der Waals surface area contributed by atoms with E-state index in [0.717, 1.165) is 34.4 Å². The molecule has 0 radical (unpaired) electrons. The summed E-state index contributed by atoms with van der Waals surface area (Å²) in [4.78, 5) is 12.0. The smallest absolute Gasteiger partial charge is 0.240 e. The molecule has 0 unspecified atom stereocenters. The summed E-state index contributed by atoms with van der Waals surface area (Å²) in [6.45, 7) is 2.05. The summed E-state index contributed by atoms with van der Waals surface area (Å²) in [7, 11) is 1.66. The van der Waals surface area contributed by atoms with E-state index >= 15 is 0 Å². The van der Waals surface area contributed by atoms with Crippen LogP contribution in [0.15, 0.2) is 68.6 Å². The van der Waals surface area contributed by atoms with Gasteiger partial charge >= 0.3 is 0 Å². The van der Waals surface area contributed by atoms with Crippen LogP contribution in [0.2, 0.25) is 0 Å². The van der Waals surface area contributed by atoms with Crippen molar-refractivity contribution in [1.29, 1.82) is 0 Å². The van der Waals surface area contributed by atoms with Gasteiger partial charge in [-0.25, -0.2) is 5.43 Å². The molecule has 0 bridgehead atoms. The fourth-order valence-electron chi connectivity index (χ4n) is 2.93. The SMILES string of the molecule is COc1ccc(CCCC(=O)N/N=C\c2ccc(-c3ccc(Br)cc3)o2)c(C)c1. The molecule has 1 aromatic heterocycles. The summed E-state index contributed by atoms with van der Waals surface area (Å²) in [6, 6.07) is 17.5. The van der Waals surface area contributed by atoms with Crippen LogP contribution in [0.4, 0.5) is 0 Å². The summed E-state index contributed by atoms with van der Waals surface area (Å²) in [5.74, 6) is 2.06. The van der Waals surface area contributed by atoms with Crippen molar-refractivity contribution in [2.45, 2.75) is 26.2 Å². The minimum Gasteiger partial charge on any atom is -0.497 e. The second kappa shape index (κ2) is 10.1. The van der Waals surface area contributed by atoms with Crippen LogP contribution in [0.25, 0.3) is 11.3 Å². The predicted octanol–water partition coefficient (Wildman–Crippen LogP) is 5.50. The Morgan fingerprint density at radius 1 is 1.17 bits per heavy atom. The summed E-state index contributed by atoms with van der Waals surface area (Å²) in [5.41, 5.74) is 5.92. The van der Waals surface area contributed by atoms with Gasteiger partial charge in [-0.1, -0.05) is 34.1 Å². The molecule has 0 aliphatic heterocycles. The standard InChI is InChI=1S/C23H23BrN2O3/c1-16-14-20(28-2)11-8-17(16)4-3-5-23(27)26-25-15-21-12-13-22(29-21)18-6-9-19(24)10-7-18/h6-15H,3-5H2,1-2H3,(H,26,27)/b25-15-. The fraction of sp³-hybridized carbons (Fsp3) is 0.217. The van der Waals surface area contributed by atoms with E-state index in [1.165, 1.54) is 17.3 Å². The number of carbonyl (C=O) groups excluding carboxylic acids is 1. The van der Waals surface area contributed by atoms with Crippen molar-refractivity contribution < 1.29 is 13.9 Å². The van der Waals surface area contributed by atoms with Crippen molar-refractivity contribution in [3.8, 4) is 17.1 Å². The highest BCUT2D eigenvalue weighted by Gasteiger charge is 2.05. The molecule has 0 saturated carbocycles. The van der Waals surface area contributed by atoms with Crippen molar-refractivity contribution in [1.82, 2.24) is 5.43 Å². The lowest BCUT2D eigenvalue weighted by Gasteiger charge is -2.07. The summed E-state index contributed by atoms with van der Waals surface area (Å²) >= 11 is 3.41. The van der Waals surface area contributed by atoms with Gasteiger partial charge in [-0.2, -0.15) is 5.10 Å². The highest BCUT2D eigenvalue weighted by Crippen LogP contribution is 2.23. The third-order valence-electron chi connectivity index (χ3n) is 4.54. The van der Waals surface area contributed by atoms with E-state index in [2.05, 4.69) is 26.5 Å². The molecule has 1 amide bonds. The molecular weight excluding hydrogens is 432 g/mol. The molecule has 2 aromatic carbocycles. The average molecular weight is 455 g/mol. The van der Waals surface area contributed by atoms with Gasteiger partial charge < -0.3 is 9.15 Å². The monoisotopic (exact) mass is 454 g/mol. The Bertz CT molecular complexity index is 994. The Kier molecular flexibility index (Phi) is 7.25. The minimum atomic E-state index is -0.118. The Morgan fingerprint density at radius 3 is 2.69 bits per heavy atom. The van der Waals surface area contributed by atoms with Crippen LogP contribution in [-0.4, -0.2) is 19.2 Å². The summed E-state index contributed by atoms with van der Waals surface area (Å²) < 4.78 is 12.0. The molecular formula is C23H23BrN2O3. The number of hydrazone groups is 1. The van der Waals surface area contributed by atoms with E-state index in [1.807, 2.05) is 61.5 Å². The molecule has 0 aliphatic carbocycles. The molecule has 0 spiro atoms. The second-order valence-electron chi connectivity index (χ2n) is 6.65. The zero-order valence-electron chi connectivity index (χ0n) is 16.4. The van der Waals surface area contributed by atoms with Crippen LogP contribution in [0.1, 0.15) is 29.7 Å². The highest BCUT2D eigenvalue weighted by atomic mass is 79.9. The third kappa shape index (κ3) is 6.06. The fourth-order valence-corrected chi connectivity index (χ4v) is 3.19. The van der Waals surface area contributed by atoms with E-state index in [4.69, 9.17) is 9.15 Å². The first-order chi connectivity index (χ1) is 14.0. The first-order valence-electron chi connectivity index (χ1n) is 9.36. The van der Waals surface area contributed by atoms with Crippen molar-refractivity contribution in [3.05, 3.63) is 76.0 Å². The number of carbonyl (C=O) groups is 1. The third-order valence-corrected chi connectivity index (χ3v) is 5.06. The van der Waals surface area contributed by atoms with E-state index in [-0.39, 0.29) is 5.91 Å². The summed E-state index contributed by atoms with van der Waals surface area (Å²) in [6.07, 6.45) is 3.50. The van der Waals surface area contributed by atoms with E-state index in [1.54, 1.807) is 7.11 Å². The number of nitrogens with zero attached hydrogens (tertiary/aromatic N) is 1. The van der Waals surface area contributed by atoms with Crippen LogP contribution in [0.5, 0.6) is 5.75 Å². The second-order valence-corrected chi connectivity index (χ2v) is 7.56. The molecule has 1 N–H and O–H groups in total. The maximum absolute atomic E-state index is 12.0. The van der Waals surface area contributed by atoms with E-state index in [9.17, 15) is 4.79 Å². The molecule has 150 valence electrons. The lowest BCUT2D eigenvalue weighted by Crippen LogP contribution is -2.17. The summed E-state index contributed by atoms with van der Waals surface area (Å²) in [5, 5.41) is 3.99. The lowest BCUT2D eigenvalue weighted by atomic mass is 10.0. The molecule has 3 rings (SSSR count). The Hall–Kier alpha value is -2.86. The van der Waals surface area contributed by atoms with Crippen molar-refractivity contribution in [3.63, 3.8) is 0 Å². The molecule has 6 heteroatoms. The largest absolute Gasteiger partial charge is 0.497 e. The number of amides is 1. The van der Waals surface area contributed by atoms with E-state index in [0.29, 0.717) is 12.2 Å². The topological polar surface area (TPSA) is 63.8 Å². The number of furan rings is 1. The first-order valence-corrected chi connectivity index (χ1v) is 10.2. The Morgan fingerprint density at radius 2 is 1.97 bits per heavy atom. The van der Waals surface area contributed by atoms with Crippen LogP contribution in [0, 0.1) is 6.92 Å². The lowest BCUT2D eigenvalue weighted by molar-refractivity contribution is -0.121. The number of hydrogen-bond acceptors (Lipinski definition) is 4. The Balaban J connectivity index is 1.44. The van der Waals surface area contributed by atoms with Crippen molar-refractivity contribution in [2.75, 3.05) is 7.11 Å². The van der Waals surface area contributed by atoms with Gasteiger partial charge in [-0.05, 0) is 67.3 Å². The van der Waals surface area contributed by atoms with Gasteiger partial charge in [0.05, 0.1) is 13.3 Å². The first kappa shape index (κ1) is 20.9. The van der Waals surface area contributed by atoms with Gasteiger partial charge in [0.1, 0.15) is 17.3 Å². The molecule has 29 heavy (non-hydrogen) atoms. The Labute approximate surface area is 178 Å². The molecule has 0 atom stereocenters. The molecule has 0 saturated heterocycles. The van der Waals surface area contributed by atoms with Gasteiger partial charge in [0.15, 0.2) is 0 Å². The minimum absolute atomic E-state index is 0.118. The number of benzene rings is 2. The zero-order chi connectivity index (χ0) is 20.6. The number of methoxy groups -OCH3 is 1. The number of hydrogen-bond donors (Lipinski definition) is 1. The van der Waals surface area contributed by atoms with Crippen LogP contribution < -0.4 is 10.2 Å². The molecule has 5 nitrogen and oxygen atoms in total. The normalized spacial score (nSPS) is 11.0. The van der Waals surface area contributed by atoms with Gasteiger partial charge in [0, 0.05) is 16.5 Å². The van der Waals surface area contributed by atoms with Gasteiger partial charge in [0.25, 0.3) is 0 Å². The predicted molar refractivity (Wildman–Crippen MR) is 118 cm³/mol. The molecule has 1 heterocycles. The van der Waals surface area contributed by atoms with Crippen molar-refractivity contribution in [2.24, 2.45) is 5.10 Å².